The molecule has 1 aromatic carbocycles. The Kier molecular flexibility index (Phi) is 4.50. The van der Waals surface area contributed by atoms with E-state index in [1.54, 1.807) is 30.3 Å². The van der Waals surface area contributed by atoms with E-state index in [-0.39, 0.29) is 23.2 Å². The second kappa shape index (κ2) is 6.04. The molecule has 0 aliphatic carbocycles. The largest absolute Gasteiger partial charge is 0.516 e. The first-order valence-electron chi connectivity index (χ1n) is 6.41. The second-order valence-corrected chi connectivity index (χ2v) is 6.50. The number of anilines is 1. The van der Waals surface area contributed by atoms with Crippen LogP contribution < -0.4 is 4.31 Å². The Morgan fingerprint density at radius 3 is 2.23 bits per heavy atom. The molecule has 0 N–H and O–H groups in total. The molecule has 0 radical (unpaired) electrons. The van der Waals surface area contributed by atoms with Crippen LogP contribution in [0.25, 0.3) is 0 Å². The van der Waals surface area contributed by atoms with Crippen LogP contribution >= 0.6 is 0 Å². The van der Waals surface area contributed by atoms with E-state index in [0.29, 0.717) is 5.76 Å². The van der Waals surface area contributed by atoms with Gasteiger partial charge >= 0.3 is 15.5 Å². The first-order chi connectivity index (χ1) is 10.2. The first kappa shape index (κ1) is 16.4. The third-order valence-corrected chi connectivity index (χ3v) is 4.53. The van der Waals surface area contributed by atoms with Gasteiger partial charge < -0.3 is 4.42 Å². The molecular formula is C14H14F3NO3S. The van der Waals surface area contributed by atoms with Gasteiger partial charge in [-0.25, -0.2) is 4.31 Å². The summed E-state index contributed by atoms with van der Waals surface area (Å²) >= 11 is 0. The van der Waals surface area contributed by atoms with Crippen molar-refractivity contribution in [2.24, 2.45) is 0 Å². The smallest absolute Gasteiger partial charge is 0.445 e. The number of halogens is 3. The highest BCUT2D eigenvalue weighted by Gasteiger charge is 2.50. The molecule has 2 rings (SSSR count). The van der Waals surface area contributed by atoms with Crippen LogP contribution in [0.3, 0.4) is 0 Å². The average molecular weight is 333 g/mol. The molecule has 22 heavy (non-hydrogen) atoms. The zero-order valence-electron chi connectivity index (χ0n) is 11.7. The van der Waals surface area contributed by atoms with E-state index in [4.69, 9.17) is 4.42 Å². The van der Waals surface area contributed by atoms with E-state index >= 15 is 0 Å². The summed E-state index contributed by atoms with van der Waals surface area (Å²) in [6, 6.07) is 11.3. The van der Waals surface area contributed by atoms with Crippen molar-refractivity contribution >= 4 is 15.9 Å². The van der Waals surface area contributed by atoms with Gasteiger partial charge in [0.15, 0.2) is 0 Å². The van der Waals surface area contributed by atoms with Crippen LogP contribution in [-0.4, -0.2) is 20.5 Å². The standard InChI is InChI=1S/C14H14F3NO3S/c1-11-7-8-13(21-11)18(22(19,20)14(15,16)17)10-9-12-5-3-2-4-6-12/h2-8H,9-10H2,1H3. The van der Waals surface area contributed by atoms with E-state index in [9.17, 15) is 21.6 Å². The van der Waals surface area contributed by atoms with E-state index in [2.05, 4.69) is 0 Å². The predicted molar refractivity (Wildman–Crippen MR) is 75.9 cm³/mol. The van der Waals surface area contributed by atoms with Gasteiger partial charge in [0, 0.05) is 12.6 Å². The summed E-state index contributed by atoms with van der Waals surface area (Å²) < 4.78 is 67.3. The maximum atomic E-state index is 12.8. The summed E-state index contributed by atoms with van der Waals surface area (Å²) in [7, 11) is -5.51. The number of benzene rings is 1. The SMILES string of the molecule is Cc1ccc(N(CCc2ccccc2)S(=O)(=O)C(F)(F)F)o1. The van der Waals surface area contributed by atoms with Crippen LogP contribution in [-0.2, 0) is 16.4 Å². The fourth-order valence-electron chi connectivity index (χ4n) is 1.90. The quantitative estimate of drug-likeness (QED) is 0.842. The Bertz CT molecular complexity index is 723. The molecule has 1 aromatic heterocycles. The van der Waals surface area contributed by atoms with Crippen molar-refractivity contribution in [2.75, 3.05) is 10.8 Å². The third-order valence-electron chi connectivity index (χ3n) is 3.00. The minimum atomic E-state index is -5.51. The van der Waals surface area contributed by atoms with Gasteiger partial charge in [-0.1, -0.05) is 30.3 Å². The molecule has 120 valence electrons. The molecule has 0 saturated heterocycles. The van der Waals surface area contributed by atoms with Crippen LogP contribution in [0.4, 0.5) is 19.1 Å². The van der Waals surface area contributed by atoms with Crippen LogP contribution in [0.1, 0.15) is 11.3 Å². The van der Waals surface area contributed by atoms with E-state index in [0.717, 1.165) is 5.56 Å². The number of sulfonamides is 1. The number of alkyl halides is 3. The molecule has 1 heterocycles. The number of hydrogen-bond acceptors (Lipinski definition) is 3. The minimum Gasteiger partial charge on any atom is -0.445 e. The van der Waals surface area contributed by atoms with E-state index in [1.807, 2.05) is 0 Å². The lowest BCUT2D eigenvalue weighted by atomic mass is 10.1. The summed E-state index contributed by atoms with van der Waals surface area (Å²) in [5.41, 5.74) is -4.65. The van der Waals surface area contributed by atoms with Crippen molar-refractivity contribution in [1.29, 1.82) is 0 Å². The van der Waals surface area contributed by atoms with Crippen molar-refractivity contribution in [1.82, 2.24) is 0 Å². The molecule has 2 aromatic rings. The first-order valence-corrected chi connectivity index (χ1v) is 7.85. The molecule has 0 fully saturated rings. The van der Waals surface area contributed by atoms with Gasteiger partial charge in [0.2, 0.25) is 5.88 Å². The molecule has 0 aliphatic rings. The van der Waals surface area contributed by atoms with Gasteiger partial charge in [-0.05, 0) is 25.0 Å². The normalized spacial score (nSPS) is 12.4. The Morgan fingerprint density at radius 2 is 1.73 bits per heavy atom. The second-order valence-electron chi connectivity index (χ2n) is 4.64. The number of hydrogen-bond donors (Lipinski definition) is 0. The van der Waals surface area contributed by atoms with Gasteiger partial charge in [0.05, 0.1) is 0 Å². The third kappa shape index (κ3) is 3.44. The van der Waals surface area contributed by atoms with Gasteiger partial charge in [-0.2, -0.15) is 21.6 Å². The highest BCUT2D eigenvalue weighted by Crippen LogP contribution is 2.31. The zero-order chi connectivity index (χ0) is 16.4. The fraction of sp³-hybridized carbons (Fsp3) is 0.286. The summed E-state index contributed by atoms with van der Waals surface area (Å²) in [6.45, 7) is 1.16. The topological polar surface area (TPSA) is 50.5 Å². The molecule has 0 spiro atoms. The lowest BCUT2D eigenvalue weighted by molar-refractivity contribution is -0.0439. The molecular weight excluding hydrogens is 319 g/mol. The van der Waals surface area contributed by atoms with Crippen LogP contribution in [0.2, 0.25) is 0 Å². The molecule has 0 saturated carbocycles. The molecule has 4 nitrogen and oxygen atoms in total. The Labute approximate surface area is 126 Å². The highest BCUT2D eigenvalue weighted by atomic mass is 32.2. The van der Waals surface area contributed by atoms with Gasteiger partial charge in [-0.15, -0.1) is 0 Å². The summed E-state index contributed by atoms with van der Waals surface area (Å²) in [5, 5.41) is 0. The van der Waals surface area contributed by atoms with Crippen LogP contribution in [0, 0.1) is 6.92 Å². The number of nitrogens with zero attached hydrogens (tertiary/aromatic N) is 1. The monoisotopic (exact) mass is 333 g/mol. The summed E-state index contributed by atoms with van der Waals surface area (Å²) in [4.78, 5) is 0. The average Bonchev–Trinajstić information content (AvgIpc) is 2.85. The van der Waals surface area contributed by atoms with E-state index in [1.165, 1.54) is 19.1 Å². The van der Waals surface area contributed by atoms with Gasteiger partial charge in [0.1, 0.15) is 5.76 Å². The molecule has 0 amide bonds. The molecule has 0 atom stereocenters. The van der Waals surface area contributed by atoms with Crippen molar-refractivity contribution in [2.45, 2.75) is 18.9 Å². The van der Waals surface area contributed by atoms with E-state index < -0.39 is 15.5 Å². The van der Waals surface area contributed by atoms with Crippen molar-refractivity contribution in [3.05, 3.63) is 53.8 Å². The highest BCUT2D eigenvalue weighted by molar-refractivity contribution is 7.93. The van der Waals surface area contributed by atoms with Crippen LogP contribution in [0.15, 0.2) is 46.9 Å². The maximum absolute atomic E-state index is 12.8. The van der Waals surface area contributed by atoms with Crippen molar-refractivity contribution in [3.8, 4) is 0 Å². The lowest BCUT2D eigenvalue weighted by Crippen LogP contribution is -2.41. The summed E-state index contributed by atoms with van der Waals surface area (Å²) in [6.07, 6.45) is 0.135. The van der Waals surface area contributed by atoms with Crippen LogP contribution in [0.5, 0.6) is 0 Å². The van der Waals surface area contributed by atoms with Gasteiger partial charge in [-0.3, -0.25) is 0 Å². The van der Waals surface area contributed by atoms with Gasteiger partial charge in [0.25, 0.3) is 0 Å². The Morgan fingerprint density at radius 1 is 1.09 bits per heavy atom. The van der Waals surface area contributed by atoms with Crippen molar-refractivity contribution < 1.29 is 26.0 Å². The number of aryl methyl sites for hydroxylation is 1. The maximum Gasteiger partial charge on any atom is 0.516 e. The molecule has 0 unspecified atom stereocenters. The number of rotatable bonds is 5. The Hall–Kier alpha value is -1.96. The van der Waals surface area contributed by atoms with Crippen molar-refractivity contribution in [3.63, 3.8) is 0 Å². The lowest BCUT2D eigenvalue weighted by Gasteiger charge is -2.22. The molecule has 0 bridgehead atoms. The zero-order valence-corrected chi connectivity index (χ0v) is 12.5. The Balaban J connectivity index is 2.31. The fourth-order valence-corrected chi connectivity index (χ4v) is 2.82. The number of furan rings is 1. The minimum absolute atomic E-state index is 0.135. The predicted octanol–water partition coefficient (Wildman–Crippen LogP) is 3.49. The molecule has 8 heteroatoms. The summed E-state index contributed by atoms with van der Waals surface area (Å²) in [5.74, 6) is -0.0113. The molecule has 0 aliphatic heterocycles.